The highest BCUT2D eigenvalue weighted by atomic mass is 35.5. The Balaban J connectivity index is 1.72. The molecule has 0 amide bonds. The van der Waals surface area contributed by atoms with Gasteiger partial charge in [0.2, 0.25) is 5.82 Å². The molecule has 4 heterocycles. The molecule has 1 aliphatic heterocycles. The zero-order valence-electron chi connectivity index (χ0n) is 15.7. The molecule has 0 bridgehead atoms. The van der Waals surface area contributed by atoms with E-state index in [1.165, 1.54) is 0 Å². The van der Waals surface area contributed by atoms with Gasteiger partial charge in [-0.2, -0.15) is 4.98 Å². The molecule has 1 atom stereocenters. The minimum Gasteiger partial charge on any atom is -0.383 e. The standard InChI is InChI=1S/C19H18ClN5O4/c1-27-8-6-24-13-9-11(20)4-5-12(13)25-10-21-15(16(25)19(24)26)18-22-17(23-29-18)14-3-2-7-28-14/h4-5,9-10,14H,2-3,6-8H2,1H3. The molecule has 5 rings (SSSR count). The summed E-state index contributed by atoms with van der Waals surface area (Å²) < 4.78 is 19.6. The molecule has 1 unspecified atom stereocenters. The van der Waals surface area contributed by atoms with Gasteiger partial charge in [0.25, 0.3) is 11.4 Å². The third-order valence-corrected chi connectivity index (χ3v) is 5.32. The van der Waals surface area contributed by atoms with Crippen LogP contribution in [-0.4, -0.2) is 44.4 Å². The first-order valence-corrected chi connectivity index (χ1v) is 9.69. The first-order chi connectivity index (χ1) is 14.2. The Kier molecular flexibility index (Phi) is 4.57. The first-order valence-electron chi connectivity index (χ1n) is 9.31. The lowest BCUT2D eigenvalue weighted by atomic mass is 10.2. The van der Waals surface area contributed by atoms with Crippen LogP contribution in [0, 0.1) is 0 Å². The van der Waals surface area contributed by atoms with Crippen molar-refractivity contribution in [3.8, 4) is 11.6 Å². The fraction of sp³-hybridized carbons (Fsp3) is 0.368. The van der Waals surface area contributed by atoms with Crippen molar-refractivity contribution < 1.29 is 14.0 Å². The predicted molar refractivity (Wildman–Crippen MR) is 105 cm³/mol. The van der Waals surface area contributed by atoms with Crippen LogP contribution in [0.15, 0.2) is 33.8 Å². The monoisotopic (exact) mass is 415 g/mol. The van der Waals surface area contributed by atoms with Crippen LogP contribution in [0.25, 0.3) is 28.1 Å². The molecule has 150 valence electrons. The molecule has 4 aromatic rings. The summed E-state index contributed by atoms with van der Waals surface area (Å²) in [6.45, 7) is 1.43. The largest absolute Gasteiger partial charge is 0.383 e. The van der Waals surface area contributed by atoms with Gasteiger partial charge < -0.3 is 18.6 Å². The van der Waals surface area contributed by atoms with Crippen molar-refractivity contribution in [1.29, 1.82) is 0 Å². The molecule has 1 aliphatic rings. The highest BCUT2D eigenvalue weighted by molar-refractivity contribution is 6.31. The van der Waals surface area contributed by atoms with Crippen LogP contribution in [0.5, 0.6) is 0 Å². The van der Waals surface area contributed by atoms with Gasteiger partial charge in [0.05, 0.1) is 17.6 Å². The van der Waals surface area contributed by atoms with E-state index in [2.05, 4.69) is 15.1 Å². The molecule has 10 heteroatoms. The molecular formula is C19H18ClN5O4. The number of aromatic nitrogens is 5. The van der Waals surface area contributed by atoms with E-state index in [-0.39, 0.29) is 17.6 Å². The van der Waals surface area contributed by atoms with E-state index >= 15 is 0 Å². The van der Waals surface area contributed by atoms with Crippen molar-refractivity contribution in [3.63, 3.8) is 0 Å². The highest BCUT2D eigenvalue weighted by Gasteiger charge is 2.26. The number of rotatable bonds is 5. The molecular weight excluding hydrogens is 398 g/mol. The zero-order chi connectivity index (χ0) is 20.0. The number of hydrogen-bond donors (Lipinski definition) is 0. The predicted octanol–water partition coefficient (Wildman–Crippen LogP) is 2.85. The lowest BCUT2D eigenvalue weighted by molar-refractivity contribution is 0.103. The average molecular weight is 416 g/mol. The fourth-order valence-corrected chi connectivity index (χ4v) is 3.86. The van der Waals surface area contributed by atoms with Crippen LogP contribution >= 0.6 is 11.6 Å². The number of hydrogen-bond acceptors (Lipinski definition) is 7. The molecule has 0 radical (unpaired) electrons. The lowest BCUT2D eigenvalue weighted by Crippen LogP contribution is -2.25. The zero-order valence-corrected chi connectivity index (χ0v) is 16.4. The SMILES string of the molecule is COCCn1c(=O)c2c(-c3nc(C4CCCO4)no3)ncn2c2ccc(Cl)cc21. The Morgan fingerprint density at radius 3 is 3.03 bits per heavy atom. The molecule has 1 saturated heterocycles. The Hall–Kier alpha value is -2.75. The minimum atomic E-state index is -0.235. The van der Waals surface area contributed by atoms with Gasteiger partial charge in [-0.05, 0) is 31.0 Å². The first kappa shape index (κ1) is 18.3. The molecule has 0 spiro atoms. The number of ether oxygens (including phenoxy) is 2. The quantitative estimate of drug-likeness (QED) is 0.494. The molecule has 3 aromatic heterocycles. The molecule has 9 nitrogen and oxygen atoms in total. The molecule has 1 fully saturated rings. The van der Waals surface area contributed by atoms with E-state index in [4.69, 9.17) is 25.6 Å². The van der Waals surface area contributed by atoms with Crippen LogP contribution in [-0.2, 0) is 16.0 Å². The second-order valence-corrected chi connectivity index (χ2v) is 7.29. The number of benzene rings is 1. The molecule has 29 heavy (non-hydrogen) atoms. The number of nitrogens with zero attached hydrogens (tertiary/aromatic N) is 5. The van der Waals surface area contributed by atoms with Crippen LogP contribution in [0.3, 0.4) is 0 Å². The maximum absolute atomic E-state index is 13.4. The van der Waals surface area contributed by atoms with E-state index in [1.54, 1.807) is 34.5 Å². The van der Waals surface area contributed by atoms with E-state index in [1.807, 2.05) is 6.07 Å². The molecule has 1 aromatic carbocycles. The summed E-state index contributed by atoms with van der Waals surface area (Å²) in [4.78, 5) is 22.2. The van der Waals surface area contributed by atoms with E-state index in [9.17, 15) is 4.79 Å². The number of imidazole rings is 1. The van der Waals surface area contributed by atoms with Crippen LogP contribution in [0.2, 0.25) is 5.02 Å². The Labute approximate surface area is 169 Å². The summed E-state index contributed by atoms with van der Waals surface area (Å²) in [5.41, 5.74) is 1.95. The lowest BCUT2D eigenvalue weighted by Gasteiger charge is -2.12. The van der Waals surface area contributed by atoms with Crippen molar-refractivity contribution in [2.24, 2.45) is 0 Å². The number of methoxy groups -OCH3 is 1. The van der Waals surface area contributed by atoms with Gasteiger partial charge in [0.1, 0.15) is 17.9 Å². The summed E-state index contributed by atoms with van der Waals surface area (Å²) in [5.74, 6) is 0.674. The summed E-state index contributed by atoms with van der Waals surface area (Å²) in [6.07, 6.45) is 3.21. The van der Waals surface area contributed by atoms with Gasteiger partial charge >= 0.3 is 0 Å². The summed E-state index contributed by atoms with van der Waals surface area (Å²) in [6, 6.07) is 5.39. The van der Waals surface area contributed by atoms with Crippen molar-refractivity contribution in [2.75, 3.05) is 20.3 Å². The number of halogens is 1. The Bertz CT molecular complexity index is 1250. The van der Waals surface area contributed by atoms with Crippen LogP contribution in [0.1, 0.15) is 24.8 Å². The van der Waals surface area contributed by atoms with Crippen molar-refractivity contribution in [2.45, 2.75) is 25.5 Å². The number of fused-ring (bicyclic) bond motifs is 3. The van der Waals surface area contributed by atoms with E-state index in [0.29, 0.717) is 47.3 Å². The van der Waals surface area contributed by atoms with Gasteiger partial charge in [0, 0.05) is 25.3 Å². The van der Waals surface area contributed by atoms with Gasteiger partial charge in [-0.3, -0.25) is 9.20 Å². The maximum Gasteiger partial charge on any atom is 0.279 e. The topological polar surface area (TPSA) is 96.7 Å². The third kappa shape index (κ3) is 3.02. The molecule has 0 saturated carbocycles. The van der Waals surface area contributed by atoms with Crippen LogP contribution < -0.4 is 5.56 Å². The maximum atomic E-state index is 13.4. The minimum absolute atomic E-state index is 0.178. The second-order valence-electron chi connectivity index (χ2n) is 6.85. The molecule has 0 aliphatic carbocycles. The van der Waals surface area contributed by atoms with E-state index < -0.39 is 0 Å². The van der Waals surface area contributed by atoms with Gasteiger partial charge in [0.15, 0.2) is 5.69 Å². The van der Waals surface area contributed by atoms with Crippen molar-refractivity contribution in [3.05, 3.63) is 45.7 Å². The van der Waals surface area contributed by atoms with Gasteiger partial charge in [-0.25, -0.2) is 4.98 Å². The Morgan fingerprint density at radius 2 is 2.24 bits per heavy atom. The van der Waals surface area contributed by atoms with Gasteiger partial charge in [-0.15, -0.1) is 0 Å². The third-order valence-electron chi connectivity index (χ3n) is 5.08. The summed E-state index contributed by atoms with van der Waals surface area (Å²) in [7, 11) is 1.59. The highest BCUT2D eigenvalue weighted by Crippen LogP contribution is 2.29. The summed E-state index contributed by atoms with van der Waals surface area (Å²) >= 11 is 6.18. The van der Waals surface area contributed by atoms with Crippen molar-refractivity contribution in [1.82, 2.24) is 24.1 Å². The van der Waals surface area contributed by atoms with Crippen LogP contribution in [0.4, 0.5) is 0 Å². The second kappa shape index (κ2) is 7.25. The molecule has 0 N–H and O–H groups in total. The fourth-order valence-electron chi connectivity index (χ4n) is 3.69. The summed E-state index contributed by atoms with van der Waals surface area (Å²) in [5, 5.41) is 4.57. The normalized spacial score (nSPS) is 17.0. The van der Waals surface area contributed by atoms with E-state index in [0.717, 1.165) is 18.4 Å². The Morgan fingerprint density at radius 1 is 1.34 bits per heavy atom. The van der Waals surface area contributed by atoms with Crippen molar-refractivity contribution >= 4 is 28.2 Å². The average Bonchev–Trinajstić information content (AvgIpc) is 3.46. The smallest absolute Gasteiger partial charge is 0.279 e. The van der Waals surface area contributed by atoms with Gasteiger partial charge in [-0.1, -0.05) is 16.8 Å².